The molecule has 0 aliphatic heterocycles. The van der Waals surface area contributed by atoms with Crippen molar-refractivity contribution in [3.8, 4) is 0 Å². The van der Waals surface area contributed by atoms with Gasteiger partial charge < -0.3 is 71.6 Å². The molecule has 0 aromatic heterocycles. The monoisotopic (exact) mass is 946 g/mol. The molecule has 0 aliphatic rings. The van der Waals surface area contributed by atoms with E-state index in [0.29, 0.717) is 25.1 Å². The predicted molar refractivity (Wildman–Crippen MR) is 252 cm³/mol. The highest BCUT2D eigenvalue weighted by atomic mass is 32.2. The summed E-state index contributed by atoms with van der Waals surface area (Å²) in [5.41, 5.74) is 31.8. The van der Waals surface area contributed by atoms with Gasteiger partial charge in [-0.1, -0.05) is 20.8 Å². The van der Waals surface area contributed by atoms with Gasteiger partial charge in [-0.2, -0.15) is 24.4 Å². The van der Waals surface area contributed by atoms with Crippen LogP contribution in [0.2, 0.25) is 0 Å². The van der Waals surface area contributed by atoms with Gasteiger partial charge in [0.1, 0.15) is 41.8 Å². The fourth-order valence-corrected chi connectivity index (χ4v) is 7.08. The molecule has 0 bridgehead atoms. The van der Waals surface area contributed by atoms with Gasteiger partial charge in [0.25, 0.3) is 0 Å². The van der Waals surface area contributed by atoms with Crippen molar-refractivity contribution in [3.63, 3.8) is 0 Å². The Labute approximate surface area is 386 Å². The molecule has 0 saturated carbocycles. The van der Waals surface area contributed by atoms with Crippen LogP contribution in [-0.2, 0) is 38.4 Å². The van der Waals surface area contributed by atoms with Crippen molar-refractivity contribution in [1.82, 2.24) is 37.2 Å². The van der Waals surface area contributed by atoms with E-state index in [1.165, 1.54) is 25.6 Å². The molecule has 19 N–H and O–H groups in total. The van der Waals surface area contributed by atoms with Crippen molar-refractivity contribution in [2.45, 2.75) is 141 Å². The van der Waals surface area contributed by atoms with Crippen LogP contribution in [0, 0.1) is 5.92 Å². The minimum atomic E-state index is -1.39. The van der Waals surface area contributed by atoms with Crippen LogP contribution in [0.25, 0.3) is 0 Å². The molecule has 7 atom stereocenters. The van der Waals surface area contributed by atoms with Crippen LogP contribution >= 0.6 is 24.4 Å². The van der Waals surface area contributed by atoms with Gasteiger partial charge in [-0.05, 0) is 95.6 Å². The topological polar surface area (TPSA) is 402 Å². The van der Waals surface area contributed by atoms with Crippen LogP contribution in [0.15, 0.2) is 9.98 Å². The predicted octanol–water partition coefficient (Wildman–Crippen LogP) is -3.35. The second-order valence-electron chi connectivity index (χ2n) is 15.9. The molecule has 64 heavy (non-hydrogen) atoms. The zero-order chi connectivity index (χ0) is 49.0. The van der Waals surface area contributed by atoms with Crippen LogP contribution in [0.3, 0.4) is 0 Å². The number of hydrogen-bond acceptors (Lipinski definition) is 13. The number of rotatable bonds is 33. The van der Waals surface area contributed by atoms with E-state index in [-0.39, 0.29) is 88.0 Å². The maximum absolute atomic E-state index is 14.0. The highest BCUT2D eigenvalue weighted by Crippen LogP contribution is 2.17. The van der Waals surface area contributed by atoms with E-state index in [1.807, 2.05) is 20.1 Å². The SMILES string of the molecule is CC[C@H](NC(=O)C(CCCN=C(N)N)NC(=O)[C@H](CCCN=C(N)N)NC(=O)[C@H](CS)NC(C)=O)C(=O)N[C@@H](CCCCN)C(=O)N[C@@H](CCSC)C(=O)NC(C)(CC(C)C)C(N)=O. The number of carbonyl (C=O) groups is 8. The summed E-state index contributed by atoms with van der Waals surface area (Å²) in [5, 5.41) is 18.5. The average molecular weight is 946 g/mol. The molecular formula is C39H75N15O8S2. The first-order valence-corrected chi connectivity index (χ1v) is 23.4. The fraction of sp³-hybridized carbons (Fsp3) is 0.744. The average Bonchev–Trinajstić information content (AvgIpc) is 3.21. The van der Waals surface area contributed by atoms with Crippen molar-refractivity contribution in [2.24, 2.45) is 50.3 Å². The van der Waals surface area contributed by atoms with Crippen molar-refractivity contribution in [1.29, 1.82) is 0 Å². The Morgan fingerprint density at radius 1 is 0.609 bits per heavy atom. The molecule has 2 unspecified atom stereocenters. The Morgan fingerprint density at radius 3 is 1.38 bits per heavy atom. The van der Waals surface area contributed by atoms with E-state index in [1.54, 1.807) is 6.92 Å². The first-order valence-electron chi connectivity index (χ1n) is 21.4. The van der Waals surface area contributed by atoms with Gasteiger partial charge in [-0.25, -0.2) is 0 Å². The van der Waals surface area contributed by atoms with Gasteiger partial charge in [-0.15, -0.1) is 0 Å². The lowest BCUT2D eigenvalue weighted by atomic mass is 9.89. The minimum Gasteiger partial charge on any atom is -0.370 e. The summed E-state index contributed by atoms with van der Waals surface area (Å²) in [7, 11) is 0. The molecule has 8 amide bonds. The number of unbranched alkanes of at least 4 members (excludes halogenated alkanes) is 1. The van der Waals surface area contributed by atoms with E-state index in [4.69, 9.17) is 34.4 Å². The van der Waals surface area contributed by atoms with Crippen molar-refractivity contribution in [2.75, 3.05) is 37.4 Å². The largest absolute Gasteiger partial charge is 0.370 e. The van der Waals surface area contributed by atoms with E-state index < -0.39 is 89.0 Å². The Balaban J connectivity index is 6.54. The van der Waals surface area contributed by atoms with Gasteiger partial charge in [-0.3, -0.25) is 48.3 Å². The number of nitrogens with two attached hydrogens (primary N) is 6. The third-order valence-corrected chi connectivity index (χ3v) is 10.7. The molecule has 25 heteroatoms. The van der Waals surface area contributed by atoms with Crippen LogP contribution < -0.4 is 71.6 Å². The maximum Gasteiger partial charge on any atom is 0.244 e. The van der Waals surface area contributed by atoms with Gasteiger partial charge in [0.15, 0.2) is 11.9 Å². The number of primary amides is 1. The molecular weight excluding hydrogens is 871 g/mol. The van der Waals surface area contributed by atoms with Gasteiger partial charge in [0.2, 0.25) is 47.3 Å². The molecule has 0 spiro atoms. The standard InChI is InChI=1S/C39H75N15O8S2/c1-7-24(30(56)50-25(12-8-9-16-40)32(58)53-28(15-19-64-6)35(61)54-39(5,36(41)62)20-22(2)3)49-31(57)26(13-10-17-46-37(42)43)51-33(59)27(14-11-18-47-38(44)45)52-34(60)29(21-63)48-23(4)55/h22,24-29,63H,7-21,40H2,1-6H3,(H2,41,62)(H,48,55)(H,49,57)(H,50,56)(H,51,59)(H,52,60)(H,53,58)(H,54,61)(H4,42,43,46)(H4,44,45,47)/t24-,25-,26?,27-,28-,29-,39?/m0/s1. The third-order valence-electron chi connectivity index (χ3n) is 9.66. The van der Waals surface area contributed by atoms with Crippen LogP contribution in [-0.4, -0.2) is 138 Å². The summed E-state index contributed by atoms with van der Waals surface area (Å²) in [6.45, 7) is 8.65. The lowest BCUT2D eigenvalue weighted by Crippen LogP contribution is -2.62. The number of thioether (sulfide) groups is 1. The quantitative estimate of drug-likeness (QED) is 0.0132. The molecule has 0 heterocycles. The zero-order valence-electron chi connectivity index (χ0n) is 38.1. The summed E-state index contributed by atoms with van der Waals surface area (Å²) < 4.78 is 0. The molecule has 23 nitrogen and oxygen atoms in total. The van der Waals surface area contributed by atoms with Crippen molar-refractivity contribution in [3.05, 3.63) is 0 Å². The molecule has 0 rings (SSSR count). The third kappa shape index (κ3) is 24.1. The Kier molecular flexibility index (Phi) is 29.2. The van der Waals surface area contributed by atoms with Gasteiger partial charge in [0, 0.05) is 25.8 Å². The molecule has 366 valence electrons. The van der Waals surface area contributed by atoms with Crippen LogP contribution in [0.1, 0.15) is 98.8 Å². The van der Waals surface area contributed by atoms with E-state index >= 15 is 0 Å². The lowest BCUT2D eigenvalue weighted by molar-refractivity contribution is -0.136. The van der Waals surface area contributed by atoms with Crippen LogP contribution in [0.5, 0.6) is 0 Å². The first kappa shape index (κ1) is 59.0. The van der Waals surface area contributed by atoms with Crippen molar-refractivity contribution >= 4 is 83.6 Å². The van der Waals surface area contributed by atoms with Gasteiger partial charge in [0.05, 0.1) is 0 Å². The van der Waals surface area contributed by atoms with E-state index in [0.717, 1.165) is 0 Å². The maximum atomic E-state index is 14.0. The number of carbonyl (C=O) groups excluding carboxylic acids is 8. The first-order chi connectivity index (χ1) is 30.0. The molecule has 0 radical (unpaired) electrons. The number of thiol groups is 1. The fourth-order valence-electron chi connectivity index (χ4n) is 6.35. The highest BCUT2D eigenvalue weighted by Gasteiger charge is 2.37. The summed E-state index contributed by atoms with van der Waals surface area (Å²) in [5.74, 6) is -5.45. The summed E-state index contributed by atoms with van der Waals surface area (Å²) in [6.07, 6.45) is 3.89. The van der Waals surface area contributed by atoms with E-state index in [2.05, 4.69) is 59.8 Å². The van der Waals surface area contributed by atoms with Crippen molar-refractivity contribution < 1.29 is 38.4 Å². The minimum absolute atomic E-state index is 0.00760. The molecule has 0 aliphatic carbocycles. The Morgan fingerprint density at radius 2 is 1.02 bits per heavy atom. The molecule has 0 aromatic carbocycles. The lowest BCUT2D eigenvalue weighted by Gasteiger charge is -2.32. The van der Waals surface area contributed by atoms with Gasteiger partial charge >= 0.3 is 0 Å². The molecule has 0 aromatic rings. The number of hydrogen-bond donors (Lipinski definition) is 14. The number of guanidine groups is 2. The smallest absolute Gasteiger partial charge is 0.244 e. The Hall–Kier alpha value is -5.04. The molecule has 0 fully saturated rings. The number of nitrogens with zero attached hydrogens (tertiary/aromatic N) is 2. The van der Waals surface area contributed by atoms with E-state index in [9.17, 15) is 38.4 Å². The normalized spacial score (nSPS) is 14.7. The molecule has 0 saturated heterocycles. The number of amides is 8. The summed E-state index contributed by atoms with van der Waals surface area (Å²) in [6, 6.07) is -7.04. The number of aliphatic imine (C=N–C) groups is 2. The Bertz CT molecular complexity index is 1600. The second kappa shape index (κ2) is 31.7. The van der Waals surface area contributed by atoms with Crippen LogP contribution in [0.4, 0.5) is 0 Å². The zero-order valence-corrected chi connectivity index (χ0v) is 39.8. The number of nitrogens with one attached hydrogen (secondary N) is 7. The highest BCUT2D eigenvalue weighted by molar-refractivity contribution is 7.98. The summed E-state index contributed by atoms with van der Waals surface area (Å²) in [4.78, 5) is 114. The summed E-state index contributed by atoms with van der Waals surface area (Å²) >= 11 is 5.58. The second-order valence-corrected chi connectivity index (χ2v) is 17.2.